The minimum atomic E-state index is -1.09. The number of hydrogen-bond acceptors (Lipinski definition) is 4. The number of carboxylic acids is 1. The lowest BCUT2D eigenvalue weighted by atomic mass is 9.87. The Morgan fingerprint density at radius 1 is 1.07 bits per heavy atom. The summed E-state index contributed by atoms with van der Waals surface area (Å²) in [6.45, 7) is 0. The molecule has 29 heavy (non-hydrogen) atoms. The second kappa shape index (κ2) is 9.37. The third-order valence-corrected chi connectivity index (χ3v) is 5.30. The number of carbonyl (C=O) groups excluding carboxylic acids is 2. The van der Waals surface area contributed by atoms with Crippen LogP contribution in [0.4, 0.5) is 0 Å². The zero-order valence-electron chi connectivity index (χ0n) is 16.4. The summed E-state index contributed by atoms with van der Waals surface area (Å²) in [5.41, 5.74) is 1.45. The minimum Gasteiger partial charge on any atom is -0.478 e. The Balaban J connectivity index is 1.85. The topological polar surface area (TPSA) is 92.7 Å². The molecule has 1 aliphatic rings. The van der Waals surface area contributed by atoms with Crippen molar-refractivity contribution in [2.45, 2.75) is 38.5 Å². The number of ether oxygens (including phenoxy) is 1. The molecule has 0 heterocycles. The van der Waals surface area contributed by atoms with E-state index in [4.69, 9.17) is 4.74 Å². The number of rotatable bonds is 6. The number of carbonyl (C=O) groups is 3. The lowest BCUT2D eigenvalue weighted by molar-refractivity contribution is -0.135. The third kappa shape index (κ3) is 5.22. The maximum Gasteiger partial charge on any atom is 0.336 e. The molecule has 6 nitrogen and oxygen atoms in total. The van der Waals surface area contributed by atoms with Crippen molar-refractivity contribution in [2.24, 2.45) is 5.92 Å². The summed E-state index contributed by atoms with van der Waals surface area (Å²) >= 11 is 0. The number of nitrogens with one attached hydrogen (secondary N) is 1. The van der Waals surface area contributed by atoms with Gasteiger partial charge >= 0.3 is 11.9 Å². The molecule has 3 rings (SSSR count). The van der Waals surface area contributed by atoms with Crippen molar-refractivity contribution in [3.8, 4) is 16.9 Å². The fourth-order valence-electron chi connectivity index (χ4n) is 3.78. The highest BCUT2D eigenvalue weighted by Gasteiger charge is 2.20. The van der Waals surface area contributed by atoms with Gasteiger partial charge in [-0.25, -0.2) is 4.79 Å². The molecular formula is C23H25NO5. The van der Waals surface area contributed by atoms with Crippen LogP contribution in [0.5, 0.6) is 5.75 Å². The monoisotopic (exact) mass is 395 g/mol. The second-order valence-corrected chi connectivity index (χ2v) is 7.35. The maximum atomic E-state index is 12.3. The summed E-state index contributed by atoms with van der Waals surface area (Å²) in [5, 5.41) is 12.1. The van der Waals surface area contributed by atoms with E-state index in [1.54, 1.807) is 30.3 Å². The largest absolute Gasteiger partial charge is 0.478 e. The Bertz CT molecular complexity index is 915. The van der Waals surface area contributed by atoms with Gasteiger partial charge in [-0.15, -0.1) is 0 Å². The van der Waals surface area contributed by atoms with Crippen LogP contribution in [0.15, 0.2) is 42.5 Å². The van der Waals surface area contributed by atoms with Gasteiger partial charge in [0.15, 0.2) is 0 Å². The molecule has 1 fully saturated rings. The van der Waals surface area contributed by atoms with E-state index in [-0.39, 0.29) is 17.4 Å². The van der Waals surface area contributed by atoms with Crippen molar-refractivity contribution >= 4 is 17.8 Å². The fraction of sp³-hybridized carbons (Fsp3) is 0.348. The molecule has 1 amide bonds. The summed E-state index contributed by atoms with van der Waals surface area (Å²) in [7, 11) is 1.53. The number of aromatic carboxylic acids is 1. The van der Waals surface area contributed by atoms with Crippen molar-refractivity contribution in [1.29, 1.82) is 0 Å². The van der Waals surface area contributed by atoms with E-state index in [1.807, 2.05) is 0 Å². The quantitative estimate of drug-likeness (QED) is 0.562. The molecule has 1 saturated carbocycles. The number of amides is 1. The molecular weight excluding hydrogens is 370 g/mol. The highest BCUT2D eigenvalue weighted by atomic mass is 16.5. The van der Waals surface area contributed by atoms with Crippen LogP contribution < -0.4 is 10.1 Å². The van der Waals surface area contributed by atoms with E-state index < -0.39 is 5.97 Å². The van der Waals surface area contributed by atoms with Crippen LogP contribution in [0.25, 0.3) is 11.1 Å². The number of hydrogen-bond donors (Lipinski definition) is 2. The summed E-state index contributed by atoms with van der Waals surface area (Å²) < 4.78 is 5.50. The molecule has 0 spiro atoms. The van der Waals surface area contributed by atoms with E-state index in [0.29, 0.717) is 34.8 Å². The molecule has 0 unspecified atom stereocenters. The molecule has 0 saturated heterocycles. The molecule has 0 aliphatic heterocycles. The first-order chi connectivity index (χ1) is 14.0. The van der Waals surface area contributed by atoms with Crippen LogP contribution in [0.2, 0.25) is 0 Å². The number of esters is 1. The zero-order valence-corrected chi connectivity index (χ0v) is 16.4. The first-order valence-corrected chi connectivity index (χ1v) is 9.88. The molecule has 2 aromatic carbocycles. The van der Waals surface area contributed by atoms with Crippen LogP contribution in [0.1, 0.15) is 59.2 Å². The van der Waals surface area contributed by atoms with Gasteiger partial charge in [0.25, 0.3) is 5.91 Å². The van der Waals surface area contributed by atoms with E-state index >= 15 is 0 Å². The Labute approximate surface area is 169 Å². The molecule has 0 atom stereocenters. The molecule has 1 aliphatic carbocycles. The molecule has 2 N–H and O–H groups in total. The van der Waals surface area contributed by atoms with Crippen LogP contribution >= 0.6 is 0 Å². The first-order valence-electron chi connectivity index (χ1n) is 9.88. The van der Waals surface area contributed by atoms with E-state index in [1.165, 1.54) is 25.6 Å². The highest BCUT2D eigenvalue weighted by molar-refractivity contribution is 5.99. The van der Waals surface area contributed by atoms with Crippen molar-refractivity contribution < 1.29 is 24.2 Å². The minimum absolute atomic E-state index is 0.0751. The van der Waals surface area contributed by atoms with Gasteiger partial charge in [0, 0.05) is 19.0 Å². The third-order valence-electron chi connectivity index (χ3n) is 5.30. The van der Waals surface area contributed by atoms with E-state index in [2.05, 4.69) is 5.32 Å². The Morgan fingerprint density at radius 3 is 2.52 bits per heavy atom. The van der Waals surface area contributed by atoms with Crippen LogP contribution in [0.3, 0.4) is 0 Å². The molecule has 6 heteroatoms. The predicted molar refractivity (Wildman–Crippen MR) is 109 cm³/mol. The standard InChI is InChI=1S/C23H25NO5/c1-24-22(26)17-9-5-8-16(13-17)20-14-18(10-11-19(20)23(27)28)29-21(25)12-15-6-3-2-4-7-15/h5,8-11,13-15H,2-4,6-7,12H2,1H3,(H,24,26)(H,27,28). The van der Waals surface area contributed by atoms with Gasteiger partial charge < -0.3 is 15.2 Å². The predicted octanol–water partition coefficient (Wildman–Crippen LogP) is 4.29. The Hall–Kier alpha value is -3.15. The van der Waals surface area contributed by atoms with Gasteiger partial charge in [0.2, 0.25) is 0 Å². The molecule has 0 aromatic heterocycles. The normalized spacial score (nSPS) is 14.2. The highest BCUT2D eigenvalue weighted by Crippen LogP contribution is 2.30. The van der Waals surface area contributed by atoms with Gasteiger partial charge in [-0.2, -0.15) is 0 Å². The van der Waals surface area contributed by atoms with Crippen molar-refractivity contribution in [3.63, 3.8) is 0 Å². The molecule has 152 valence electrons. The van der Waals surface area contributed by atoms with Crippen LogP contribution in [0, 0.1) is 5.92 Å². The van der Waals surface area contributed by atoms with E-state index in [0.717, 1.165) is 25.7 Å². The van der Waals surface area contributed by atoms with Crippen molar-refractivity contribution in [2.75, 3.05) is 7.05 Å². The summed E-state index contributed by atoms with van der Waals surface area (Å²) in [4.78, 5) is 35.9. The number of benzene rings is 2. The van der Waals surface area contributed by atoms with Gasteiger partial charge in [-0.05, 0) is 60.2 Å². The second-order valence-electron chi connectivity index (χ2n) is 7.35. The van der Waals surface area contributed by atoms with Crippen molar-refractivity contribution in [1.82, 2.24) is 5.32 Å². The number of carboxylic acid groups (broad SMARTS) is 1. The van der Waals surface area contributed by atoms with Crippen LogP contribution in [-0.4, -0.2) is 30.0 Å². The first kappa shape index (κ1) is 20.6. The fourth-order valence-corrected chi connectivity index (χ4v) is 3.78. The van der Waals surface area contributed by atoms with Gasteiger partial charge in [-0.1, -0.05) is 31.4 Å². The summed E-state index contributed by atoms with van der Waals surface area (Å²) in [6.07, 6.45) is 5.99. The molecule has 0 radical (unpaired) electrons. The average molecular weight is 395 g/mol. The lowest BCUT2D eigenvalue weighted by Gasteiger charge is -2.20. The zero-order chi connectivity index (χ0) is 20.8. The van der Waals surface area contributed by atoms with Crippen molar-refractivity contribution in [3.05, 3.63) is 53.6 Å². The van der Waals surface area contributed by atoms with E-state index in [9.17, 15) is 19.5 Å². The lowest BCUT2D eigenvalue weighted by Crippen LogP contribution is -2.17. The van der Waals surface area contributed by atoms with Gasteiger partial charge in [0.05, 0.1) is 5.56 Å². The Morgan fingerprint density at radius 2 is 1.83 bits per heavy atom. The summed E-state index contributed by atoms with van der Waals surface area (Å²) in [5.74, 6) is -0.997. The van der Waals surface area contributed by atoms with Gasteiger partial charge in [-0.3, -0.25) is 9.59 Å². The Kier molecular flexibility index (Phi) is 6.65. The average Bonchev–Trinajstić information content (AvgIpc) is 2.73. The van der Waals surface area contributed by atoms with Crippen LogP contribution in [-0.2, 0) is 4.79 Å². The molecule has 0 bridgehead atoms. The van der Waals surface area contributed by atoms with Gasteiger partial charge in [0.1, 0.15) is 5.75 Å². The SMILES string of the molecule is CNC(=O)c1cccc(-c2cc(OC(=O)CC3CCCCC3)ccc2C(=O)O)c1. The molecule has 2 aromatic rings. The maximum absolute atomic E-state index is 12.3. The summed E-state index contributed by atoms with van der Waals surface area (Å²) in [6, 6.07) is 11.1. The smallest absolute Gasteiger partial charge is 0.336 e.